The van der Waals surface area contributed by atoms with Crippen molar-refractivity contribution in [1.29, 1.82) is 0 Å². The number of aromatic nitrogens is 1. The molecule has 0 aliphatic carbocycles. The molecule has 2 aromatic rings. The quantitative estimate of drug-likeness (QED) is 0.448. The number of carbonyl (C=O) groups excluding carboxylic acids is 1. The molecule has 1 aromatic heterocycles. The second-order valence-corrected chi connectivity index (χ2v) is 8.49. The summed E-state index contributed by atoms with van der Waals surface area (Å²) < 4.78 is 7.17. The first-order chi connectivity index (χ1) is 14.5. The maximum Gasteiger partial charge on any atom is 0.338 e. The fraction of sp³-hybridized carbons (Fsp3) is 0.435. The van der Waals surface area contributed by atoms with Crippen LogP contribution < -0.4 is 10.9 Å². The Balaban J connectivity index is 1.38. The number of fused-ring (bicyclic) bond motifs is 4. The first-order valence-corrected chi connectivity index (χ1v) is 11.0. The highest BCUT2D eigenvalue weighted by Gasteiger charge is 2.35. The molecule has 1 fully saturated rings. The normalized spacial score (nSPS) is 19.7. The van der Waals surface area contributed by atoms with Gasteiger partial charge in [0.25, 0.3) is 5.56 Å². The van der Waals surface area contributed by atoms with Gasteiger partial charge in [0.15, 0.2) is 5.11 Å². The molecule has 2 bridgehead atoms. The molecule has 4 rings (SSSR count). The Morgan fingerprint density at radius 3 is 2.73 bits per heavy atom. The summed E-state index contributed by atoms with van der Waals surface area (Å²) in [6, 6.07) is 12.8. The largest absolute Gasteiger partial charge is 0.462 e. The number of benzene rings is 1. The van der Waals surface area contributed by atoms with Crippen molar-refractivity contribution < 1.29 is 9.53 Å². The van der Waals surface area contributed by atoms with E-state index in [9.17, 15) is 9.59 Å². The van der Waals surface area contributed by atoms with Gasteiger partial charge in [-0.05, 0) is 61.3 Å². The Morgan fingerprint density at radius 1 is 1.17 bits per heavy atom. The number of nitrogens with zero attached hydrogens (tertiary/aromatic N) is 2. The predicted octanol–water partition coefficient (Wildman–Crippen LogP) is 3.62. The molecule has 6 nitrogen and oxygen atoms in total. The van der Waals surface area contributed by atoms with Gasteiger partial charge in [-0.1, -0.05) is 19.4 Å². The van der Waals surface area contributed by atoms with Crippen LogP contribution in [0.4, 0.5) is 5.69 Å². The number of pyridine rings is 1. The van der Waals surface area contributed by atoms with Crippen LogP contribution in [0.15, 0.2) is 47.3 Å². The number of hydrogen-bond donors (Lipinski definition) is 1. The van der Waals surface area contributed by atoms with Crippen LogP contribution in [0, 0.1) is 5.92 Å². The number of piperidine rings is 1. The zero-order valence-electron chi connectivity index (χ0n) is 17.2. The summed E-state index contributed by atoms with van der Waals surface area (Å²) in [6.45, 7) is 4.90. The molecular weight excluding hydrogens is 398 g/mol. The van der Waals surface area contributed by atoms with Crippen LogP contribution in [-0.2, 0) is 11.3 Å². The molecule has 1 N–H and O–H groups in total. The van der Waals surface area contributed by atoms with Gasteiger partial charge in [-0.25, -0.2) is 4.79 Å². The van der Waals surface area contributed by atoms with Gasteiger partial charge in [0, 0.05) is 43.0 Å². The second-order valence-electron chi connectivity index (χ2n) is 8.10. The van der Waals surface area contributed by atoms with E-state index in [1.54, 1.807) is 18.2 Å². The molecule has 1 aromatic carbocycles. The lowest BCUT2D eigenvalue weighted by molar-refractivity contribution is 0.0500. The van der Waals surface area contributed by atoms with Crippen molar-refractivity contribution in [3.63, 3.8) is 0 Å². The number of esters is 1. The number of thiocarbonyl (C=S) groups is 1. The van der Waals surface area contributed by atoms with E-state index in [0.717, 1.165) is 50.3 Å². The highest BCUT2D eigenvalue weighted by Crippen LogP contribution is 2.35. The highest BCUT2D eigenvalue weighted by molar-refractivity contribution is 7.80. The molecular formula is C23H27N3O3S. The summed E-state index contributed by atoms with van der Waals surface area (Å²) in [5.74, 6) is 0.429. The third-order valence-corrected chi connectivity index (χ3v) is 6.23. The fourth-order valence-electron chi connectivity index (χ4n) is 4.35. The molecule has 0 amide bonds. The van der Waals surface area contributed by atoms with E-state index in [-0.39, 0.29) is 11.5 Å². The maximum atomic E-state index is 12.2. The van der Waals surface area contributed by atoms with Gasteiger partial charge in [-0.2, -0.15) is 0 Å². The Labute approximate surface area is 181 Å². The molecule has 0 spiro atoms. The number of hydrogen-bond acceptors (Lipinski definition) is 4. The van der Waals surface area contributed by atoms with Gasteiger partial charge in [0.1, 0.15) is 0 Å². The Morgan fingerprint density at radius 2 is 1.97 bits per heavy atom. The van der Waals surface area contributed by atoms with Gasteiger partial charge in [0.2, 0.25) is 0 Å². The number of nitrogens with one attached hydrogen (secondary N) is 1. The van der Waals surface area contributed by atoms with E-state index in [0.29, 0.717) is 29.1 Å². The van der Waals surface area contributed by atoms with Crippen molar-refractivity contribution in [2.24, 2.45) is 5.92 Å². The second kappa shape index (κ2) is 9.00. The Hall–Kier alpha value is -2.67. The molecule has 3 heterocycles. The van der Waals surface area contributed by atoms with Gasteiger partial charge in [-0.3, -0.25) is 4.79 Å². The number of ether oxygens (including phenoxy) is 1. The lowest BCUT2D eigenvalue weighted by Crippen LogP contribution is -2.50. The summed E-state index contributed by atoms with van der Waals surface area (Å²) in [4.78, 5) is 26.4. The van der Waals surface area contributed by atoms with Gasteiger partial charge >= 0.3 is 5.97 Å². The monoisotopic (exact) mass is 425 g/mol. The standard InChI is InChI=1S/C23H27N3O3S/c1-2-3-11-29-22(28)17-7-9-19(10-8-17)24-23(30)25-13-16-12-18(15-25)20-5-4-6-21(27)26(20)14-16/h4-10,16,18H,2-3,11-15H2,1H3,(H,24,30). The Kier molecular flexibility index (Phi) is 6.18. The minimum atomic E-state index is -0.296. The molecule has 1 saturated heterocycles. The third kappa shape index (κ3) is 4.41. The summed E-state index contributed by atoms with van der Waals surface area (Å²) in [5, 5.41) is 3.97. The van der Waals surface area contributed by atoms with Crippen molar-refractivity contribution in [3.05, 3.63) is 64.1 Å². The molecule has 30 heavy (non-hydrogen) atoms. The van der Waals surface area contributed by atoms with Crippen molar-refractivity contribution in [1.82, 2.24) is 9.47 Å². The number of carbonyl (C=O) groups is 1. The van der Waals surface area contributed by atoms with Crippen molar-refractivity contribution >= 4 is 29.0 Å². The summed E-state index contributed by atoms with van der Waals surface area (Å²) >= 11 is 5.67. The lowest BCUT2D eigenvalue weighted by Gasteiger charge is -2.43. The molecule has 7 heteroatoms. The van der Waals surface area contributed by atoms with E-state index in [2.05, 4.69) is 23.2 Å². The average molecular weight is 426 g/mol. The third-order valence-electron chi connectivity index (χ3n) is 5.87. The Bertz CT molecular complexity index is 986. The molecule has 2 aliphatic rings. The van der Waals surface area contributed by atoms with E-state index in [1.807, 2.05) is 22.8 Å². The zero-order valence-corrected chi connectivity index (χ0v) is 18.0. The summed E-state index contributed by atoms with van der Waals surface area (Å²) in [5.41, 5.74) is 2.58. The van der Waals surface area contributed by atoms with Crippen LogP contribution in [0.25, 0.3) is 0 Å². The SMILES string of the molecule is CCCCOC(=O)c1ccc(NC(=S)N2CC3CC(C2)c2cccc(=O)n2C3)cc1. The molecule has 0 saturated carbocycles. The summed E-state index contributed by atoms with van der Waals surface area (Å²) in [7, 11) is 0. The minimum Gasteiger partial charge on any atom is -0.462 e. The van der Waals surface area contributed by atoms with E-state index >= 15 is 0 Å². The van der Waals surface area contributed by atoms with Crippen LogP contribution in [0.2, 0.25) is 0 Å². The van der Waals surface area contributed by atoms with Crippen molar-refractivity contribution in [2.75, 3.05) is 25.0 Å². The molecule has 2 unspecified atom stereocenters. The van der Waals surface area contributed by atoms with E-state index in [4.69, 9.17) is 17.0 Å². The van der Waals surface area contributed by atoms with Gasteiger partial charge in [-0.15, -0.1) is 0 Å². The van der Waals surface area contributed by atoms with E-state index in [1.165, 1.54) is 0 Å². The highest BCUT2D eigenvalue weighted by atomic mass is 32.1. The number of unbranched alkanes of at least 4 members (excludes halogenated alkanes) is 1. The molecule has 2 atom stereocenters. The molecule has 2 aliphatic heterocycles. The zero-order chi connectivity index (χ0) is 21.1. The van der Waals surface area contributed by atoms with Crippen molar-refractivity contribution in [2.45, 2.75) is 38.6 Å². The maximum absolute atomic E-state index is 12.2. The van der Waals surface area contributed by atoms with Crippen LogP contribution in [0.1, 0.15) is 48.2 Å². The van der Waals surface area contributed by atoms with Crippen LogP contribution in [-0.4, -0.2) is 40.2 Å². The van der Waals surface area contributed by atoms with Gasteiger partial charge < -0.3 is 19.5 Å². The topological polar surface area (TPSA) is 63.6 Å². The first kappa shape index (κ1) is 20.6. The lowest BCUT2D eigenvalue weighted by atomic mass is 9.83. The van der Waals surface area contributed by atoms with Crippen molar-refractivity contribution in [3.8, 4) is 0 Å². The molecule has 0 radical (unpaired) electrons. The smallest absolute Gasteiger partial charge is 0.338 e. The number of rotatable bonds is 5. The summed E-state index contributed by atoms with van der Waals surface area (Å²) in [6.07, 6.45) is 2.96. The average Bonchev–Trinajstić information content (AvgIpc) is 2.75. The fourth-order valence-corrected chi connectivity index (χ4v) is 4.61. The minimum absolute atomic E-state index is 0.0877. The predicted molar refractivity (Wildman–Crippen MR) is 121 cm³/mol. The first-order valence-electron chi connectivity index (χ1n) is 10.6. The van der Waals surface area contributed by atoms with Crippen LogP contribution in [0.3, 0.4) is 0 Å². The van der Waals surface area contributed by atoms with Crippen LogP contribution in [0.5, 0.6) is 0 Å². The van der Waals surface area contributed by atoms with E-state index < -0.39 is 0 Å². The van der Waals surface area contributed by atoms with Gasteiger partial charge in [0.05, 0.1) is 12.2 Å². The molecule has 158 valence electrons. The number of likely N-dealkylation sites (tertiary alicyclic amines) is 1. The number of anilines is 1. The van der Waals surface area contributed by atoms with Crippen LogP contribution >= 0.6 is 12.2 Å².